The molecule has 0 fully saturated rings. The lowest BCUT2D eigenvalue weighted by molar-refractivity contribution is -0.384. The van der Waals surface area contributed by atoms with E-state index < -0.39 is 10.8 Å². The Bertz CT molecular complexity index is 1170. The van der Waals surface area contributed by atoms with E-state index in [1.54, 1.807) is 12.1 Å². The van der Waals surface area contributed by atoms with E-state index in [0.29, 0.717) is 22.1 Å². The molecule has 3 aromatic rings. The number of hydrogen-bond donors (Lipinski definition) is 1. The zero-order valence-electron chi connectivity index (χ0n) is 16.7. The molecule has 0 unspecified atom stereocenters. The van der Waals surface area contributed by atoms with E-state index in [-0.39, 0.29) is 17.9 Å². The van der Waals surface area contributed by atoms with Gasteiger partial charge in [0, 0.05) is 28.3 Å². The minimum Gasteiger partial charge on any atom is -0.493 e. The van der Waals surface area contributed by atoms with E-state index in [1.165, 1.54) is 37.6 Å². The predicted molar refractivity (Wildman–Crippen MR) is 130 cm³/mol. The van der Waals surface area contributed by atoms with Crippen LogP contribution in [0.1, 0.15) is 21.5 Å². The molecule has 32 heavy (non-hydrogen) atoms. The normalized spacial score (nSPS) is 10.7. The summed E-state index contributed by atoms with van der Waals surface area (Å²) in [6.07, 6.45) is 1.46. The number of halogens is 2. The van der Waals surface area contributed by atoms with Gasteiger partial charge >= 0.3 is 0 Å². The lowest BCUT2D eigenvalue weighted by atomic mass is 10.2. The van der Waals surface area contributed by atoms with Crippen molar-refractivity contribution < 1.29 is 19.2 Å². The zero-order chi connectivity index (χ0) is 23.1. The minimum absolute atomic E-state index is 0.0939. The van der Waals surface area contributed by atoms with Gasteiger partial charge in [-0.25, -0.2) is 5.43 Å². The highest BCUT2D eigenvalue weighted by Gasteiger charge is 2.13. The number of rotatable bonds is 8. The third kappa shape index (κ3) is 5.95. The highest BCUT2D eigenvalue weighted by Crippen LogP contribution is 2.34. The Morgan fingerprint density at radius 1 is 1.22 bits per heavy atom. The van der Waals surface area contributed by atoms with Crippen molar-refractivity contribution in [2.75, 3.05) is 7.11 Å². The fraction of sp³-hybridized carbons (Fsp3) is 0.0909. The molecule has 0 aromatic heterocycles. The van der Waals surface area contributed by atoms with Gasteiger partial charge < -0.3 is 9.47 Å². The molecule has 0 aliphatic heterocycles. The fourth-order valence-corrected chi connectivity index (χ4v) is 3.66. The van der Waals surface area contributed by atoms with Crippen molar-refractivity contribution in [2.24, 2.45) is 5.10 Å². The molecule has 0 radical (unpaired) electrons. The molecule has 0 aliphatic rings. The van der Waals surface area contributed by atoms with Crippen LogP contribution in [0.3, 0.4) is 0 Å². The van der Waals surface area contributed by atoms with Crippen LogP contribution in [-0.2, 0) is 6.61 Å². The molecule has 0 heterocycles. The molecule has 0 aliphatic carbocycles. The first-order valence-corrected chi connectivity index (χ1v) is 10.7. The molecule has 1 N–H and O–H groups in total. The van der Waals surface area contributed by atoms with E-state index >= 15 is 0 Å². The largest absolute Gasteiger partial charge is 0.493 e. The Morgan fingerprint density at radius 2 is 1.94 bits per heavy atom. The smallest absolute Gasteiger partial charge is 0.271 e. The standard InChI is InChI=1S/C22H17ClIN3O5/c1-31-20-11-14(10-19(24)21(20)32-13-16-4-2-3-5-18(16)23)12-25-26-22(28)15-6-8-17(9-7-15)27(29)30/h2-12H,13H2,1H3,(H,26,28)/b25-12+. The van der Waals surface area contributed by atoms with E-state index in [1.807, 2.05) is 24.3 Å². The molecule has 0 saturated carbocycles. The first-order chi connectivity index (χ1) is 15.4. The third-order valence-corrected chi connectivity index (χ3v) is 5.47. The number of hydrogen-bond acceptors (Lipinski definition) is 6. The summed E-state index contributed by atoms with van der Waals surface area (Å²) in [5.74, 6) is 0.588. The van der Waals surface area contributed by atoms with Gasteiger partial charge in [0.05, 0.1) is 21.8 Å². The van der Waals surface area contributed by atoms with Crippen molar-refractivity contribution in [3.05, 3.63) is 96.1 Å². The molecule has 0 atom stereocenters. The molecule has 0 spiro atoms. The maximum absolute atomic E-state index is 12.2. The van der Waals surface area contributed by atoms with Crippen molar-refractivity contribution in [2.45, 2.75) is 6.61 Å². The van der Waals surface area contributed by atoms with Crippen LogP contribution in [-0.4, -0.2) is 24.2 Å². The molecule has 1 amide bonds. The van der Waals surface area contributed by atoms with Crippen LogP contribution >= 0.6 is 34.2 Å². The highest BCUT2D eigenvalue weighted by atomic mass is 127. The van der Waals surface area contributed by atoms with Gasteiger partial charge in [0.2, 0.25) is 0 Å². The number of nitro groups is 1. The summed E-state index contributed by atoms with van der Waals surface area (Å²) >= 11 is 8.31. The molecular formula is C22H17ClIN3O5. The number of carbonyl (C=O) groups excluding carboxylic acids is 1. The van der Waals surface area contributed by atoms with Gasteiger partial charge in [0.25, 0.3) is 11.6 Å². The van der Waals surface area contributed by atoms with Crippen LogP contribution in [0.2, 0.25) is 5.02 Å². The number of amides is 1. The minimum atomic E-state index is -0.531. The summed E-state index contributed by atoms with van der Waals surface area (Å²) in [7, 11) is 1.53. The Morgan fingerprint density at radius 3 is 2.59 bits per heavy atom. The summed E-state index contributed by atoms with van der Waals surface area (Å²) in [5, 5.41) is 15.3. The van der Waals surface area contributed by atoms with Crippen LogP contribution in [0.25, 0.3) is 0 Å². The monoisotopic (exact) mass is 565 g/mol. The summed E-state index contributed by atoms with van der Waals surface area (Å²) in [5.41, 5.74) is 4.09. The quantitative estimate of drug-likeness (QED) is 0.175. The van der Waals surface area contributed by atoms with Gasteiger partial charge in [0.15, 0.2) is 11.5 Å². The highest BCUT2D eigenvalue weighted by molar-refractivity contribution is 14.1. The summed E-state index contributed by atoms with van der Waals surface area (Å²) in [6, 6.07) is 16.2. The third-order valence-electron chi connectivity index (χ3n) is 4.30. The van der Waals surface area contributed by atoms with E-state index in [9.17, 15) is 14.9 Å². The SMILES string of the molecule is COc1cc(/C=N/NC(=O)c2ccc([N+](=O)[O-])cc2)cc(I)c1OCc1ccccc1Cl. The second-order valence-corrected chi connectivity index (χ2v) is 7.99. The number of hydrazone groups is 1. The van der Waals surface area contributed by atoms with Crippen molar-refractivity contribution in [1.29, 1.82) is 0 Å². The maximum Gasteiger partial charge on any atom is 0.271 e. The Balaban J connectivity index is 1.68. The van der Waals surface area contributed by atoms with Crippen LogP contribution in [0.4, 0.5) is 5.69 Å². The van der Waals surface area contributed by atoms with Gasteiger partial charge in [-0.1, -0.05) is 29.8 Å². The predicted octanol–water partition coefficient (Wildman–Crippen LogP) is 5.20. The molecule has 3 rings (SSSR count). The average molecular weight is 566 g/mol. The van der Waals surface area contributed by atoms with Gasteiger partial charge in [-0.15, -0.1) is 0 Å². The average Bonchev–Trinajstić information content (AvgIpc) is 2.79. The number of nitrogens with one attached hydrogen (secondary N) is 1. The molecule has 3 aromatic carbocycles. The number of benzene rings is 3. The number of nitro benzene ring substituents is 1. The lowest BCUT2D eigenvalue weighted by Gasteiger charge is -2.14. The van der Waals surface area contributed by atoms with Crippen molar-refractivity contribution in [3.63, 3.8) is 0 Å². The number of nitrogens with zero attached hydrogens (tertiary/aromatic N) is 2. The van der Waals surface area contributed by atoms with Gasteiger partial charge in [0.1, 0.15) is 6.61 Å². The molecule has 8 nitrogen and oxygen atoms in total. The van der Waals surface area contributed by atoms with Gasteiger partial charge in [-0.3, -0.25) is 14.9 Å². The molecule has 164 valence electrons. The van der Waals surface area contributed by atoms with Crippen molar-refractivity contribution in [3.8, 4) is 11.5 Å². The summed E-state index contributed by atoms with van der Waals surface area (Å²) in [6.45, 7) is 0.283. The second kappa shape index (κ2) is 10.9. The van der Waals surface area contributed by atoms with Crippen LogP contribution in [0.15, 0.2) is 65.8 Å². The number of non-ortho nitro benzene ring substituents is 1. The van der Waals surface area contributed by atoms with Crippen molar-refractivity contribution in [1.82, 2.24) is 5.43 Å². The number of carbonyl (C=O) groups is 1. The molecule has 10 heteroatoms. The molecule has 0 saturated heterocycles. The second-order valence-electron chi connectivity index (χ2n) is 6.42. The number of methoxy groups -OCH3 is 1. The van der Waals surface area contributed by atoms with Crippen LogP contribution in [0.5, 0.6) is 11.5 Å². The number of ether oxygens (including phenoxy) is 2. The van der Waals surface area contributed by atoms with E-state index in [4.69, 9.17) is 21.1 Å². The molecule has 0 bridgehead atoms. The Hall–Kier alpha value is -3.18. The first-order valence-electron chi connectivity index (χ1n) is 9.20. The Labute approximate surface area is 202 Å². The fourth-order valence-electron chi connectivity index (χ4n) is 2.68. The first kappa shape index (κ1) is 23.5. The Kier molecular flexibility index (Phi) is 8.01. The van der Waals surface area contributed by atoms with Crippen LogP contribution < -0.4 is 14.9 Å². The topological polar surface area (TPSA) is 103 Å². The zero-order valence-corrected chi connectivity index (χ0v) is 19.7. The van der Waals surface area contributed by atoms with Gasteiger partial charge in [-0.05, 0) is 58.5 Å². The van der Waals surface area contributed by atoms with Crippen LogP contribution in [0, 0.1) is 13.7 Å². The lowest BCUT2D eigenvalue weighted by Crippen LogP contribution is -2.17. The van der Waals surface area contributed by atoms with E-state index in [0.717, 1.165) is 9.13 Å². The van der Waals surface area contributed by atoms with Gasteiger partial charge in [-0.2, -0.15) is 5.10 Å². The maximum atomic E-state index is 12.2. The molecular weight excluding hydrogens is 549 g/mol. The summed E-state index contributed by atoms with van der Waals surface area (Å²) in [4.78, 5) is 22.3. The van der Waals surface area contributed by atoms with E-state index in [2.05, 4.69) is 33.1 Å². The van der Waals surface area contributed by atoms with Crippen molar-refractivity contribution >= 4 is 52.0 Å². The summed E-state index contributed by atoms with van der Waals surface area (Å²) < 4.78 is 12.2.